The van der Waals surface area contributed by atoms with Gasteiger partial charge in [-0.3, -0.25) is 4.79 Å². The van der Waals surface area contributed by atoms with Gasteiger partial charge in [0.2, 0.25) is 0 Å². The van der Waals surface area contributed by atoms with Crippen LogP contribution in [0.2, 0.25) is 5.02 Å². The molecule has 1 unspecified atom stereocenters. The van der Waals surface area contributed by atoms with Crippen LogP contribution >= 0.6 is 23.2 Å². The van der Waals surface area contributed by atoms with E-state index in [1.54, 1.807) is 12.1 Å². The van der Waals surface area contributed by atoms with E-state index >= 15 is 0 Å². The molecule has 1 aliphatic heterocycles. The predicted molar refractivity (Wildman–Crippen MR) is 77.9 cm³/mol. The third-order valence-electron chi connectivity index (χ3n) is 3.35. The Bertz CT molecular complexity index is 684. The molecule has 1 aliphatic rings. The van der Waals surface area contributed by atoms with Crippen LogP contribution in [0.25, 0.3) is 0 Å². The van der Waals surface area contributed by atoms with Crippen LogP contribution in [0.5, 0.6) is 0 Å². The van der Waals surface area contributed by atoms with Crippen molar-refractivity contribution in [1.82, 2.24) is 0 Å². The summed E-state index contributed by atoms with van der Waals surface area (Å²) in [6.07, 6.45) is 0. The minimum Gasteiger partial charge on any atom is -0.324 e. The van der Waals surface area contributed by atoms with Crippen molar-refractivity contribution in [3.05, 3.63) is 64.2 Å². The zero-order chi connectivity index (χ0) is 13.6. The number of rotatable bonds is 1. The van der Waals surface area contributed by atoms with Crippen molar-refractivity contribution in [3.8, 4) is 0 Å². The van der Waals surface area contributed by atoms with E-state index in [1.165, 1.54) is 0 Å². The van der Waals surface area contributed by atoms with Crippen LogP contribution in [0.4, 0.5) is 5.69 Å². The average Bonchev–Trinajstić information content (AvgIpc) is 2.64. The number of fused-ring (bicyclic) bond motifs is 1. The molecule has 0 spiro atoms. The van der Waals surface area contributed by atoms with Gasteiger partial charge in [-0.1, -0.05) is 59.1 Å². The summed E-state index contributed by atoms with van der Waals surface area (Å²) in [5.74, 6) is -0.261. The van der Waals surface area contributed by atoms with Gasteiger partial charge in [0, 0.05) is 21.8 Å². The molecule has 19 heavy (non-hydrogen) atoms. The molecular formula is C15H11Cl2NO. The monoisotopic (exact) mass is 291 g/mol. The predicted octanol–water partition coefficient (Wildman–Crippen LogP) is 4.08. The normalized spacial score (nSPS) is 21.1. The van der Waals surface area contributed by atoms with Gasteiger partial charge in [0.15, 0.2) is 4.87 Å². The molecule has 2 aromatic carbocycles. The number of carbonyl (C=O) groups excluding carboxylic acids is 1. The molecule has 3 rings (SSSR count). The second kappa shape index (κ2) is 4.26. The molecule has 4 heteroatoms. The Kier molecular flexibility index (Phi) is 2.80. The Morgan fingerprint density at radius 1 is 1.11 bits per heavy atom. The van der Waals surface area contributed by atoms with Crippen LogP contribution in [0.1, 0.15) is 16.7 Å². The summed E-state index contributed by atoms with van der Waals surface area (Å²) in [5, 5.41) is 3.30. The molecule has 2 aromatic rings. The lowest BCUT2D eigenvalue weighted by molar-refractivity contribution is -0.117. The topological polar surface area (TPSA) is 29.1 Å². The first-order chi connectivity index (χ1) is 9.03. The Morgan fingerprint density at radius 2 is 1.84 bits per heavy atom. The lowest BCUT2D eigenvalue weighted by atomic mass is 9.90. The minimum atomic E-state index is -1.25. The van der Waals surface area contributed by atoms with Gasteiger partial charge in [-0.05, 0) is 19.1 Å². The first-order valence-corrected chi connectivity index (χ1v) is 6.65. The van der Waals surface area contributed by atoms with Crippen LogP contribution in [0.15, 0.2) is 42.5 Å². The molecule has 1 atom stereocenters. The molecule has 0 aromatic heterocycles. The van der Waals surface area contributed by atoms with E-state index in [-0.39, 0.29) is 5.91 Å². The number of alkyl halides is 1. The van der Waals surface area contributed by atoms with E-state index in [4.69, 9.17) is 23.2 Å². The zero-order valence-electron chi connectivity index (χ0n) is 10.2. The zero-order valence-corrected chi connectivity index (χ0v) is 11.7. The lowest BCUT2D eigenvalue weighted by Crippen LogP contribution is -2.29. The van der Waals surface area contributed by atoms with Crippen molar-refractivity contribution in [3.63, 3.8) is 0 Å². The summed E-state index contributed by atoms with van der Waals surface area (Å²) in [7, 11) is 0. The van der Waals surface area contributed by atoms with Crippen molar-refractivity contribution < 1.29 is 4.79 Å². The van der Waals surface area contributed by atoms with E-state index in [1.807, 2.05) is 37.3 Å². The van der Waals surface area contributed by atoms with Crippen LogP contribution in [0, 0.1) is 6.92 Å². The molecule has 96 valence electrons. The molecular weight excluding hydrogens is 281 g/mol. The van der Waals surface area contributed by atoms with Gasteiger partial charge in [-0.15, -0.1) is 0 Å². The van der Waals surface area contributed by atoms with Gasteiger partial charge >= 0.3 is 0 Å². The number of halogens is 2. The van der Waals surface area contributed by atoms with Gasteiger partial charge in [0.1, 0.15) is 0 Å². The summed E-state index contributed by atoms with van der Waals surface area (Å²) in [6, 6.07) is 12.9. The van der Waals surface area contributed by atoms with E-state index in [2.05, 4.69) is 5.32 Å². The molecule has 1 heterocycles. The van der Waals surface area contributed by atoms with Gasteiger partial charge in [-0.25, -0.2) is 0 Å². The number of benzene rings is 2. The van der Waals surface area contributed by atoms with Crippen molar-refractivity contribution in [2.45, 2.75) is 11.8 Å². The number of anilines is 1. The molecule has 1 amide bonds. The molecule has 1 N–H and O–H groups in total. The fourth-order valence-electron chi connectivity index (χ4n) is 2.39. The van der Waals surface area contributed by atoms with Crippen molar-refractivity contribution in [2.75, 3.05) is 5.32 Å². The number of hydrogen-bond donors (Lipinski definition) is 1. The number of amides is 1. The highest BCUT2D eigenvalue weighted by atomic mass is 35.5. The van der Waals surface area contributed by atoms with E-state index in [0.717, 1.165) is 16.8 Å². The number of hydrogen-bond acceptors (Lipinski definition) is 1. The number of carbonyl (C=O) groups is 1. The van der Waals surface area contributed by atoms with Crippen LogP contribution in [0.3, 0.4) is 0 Å². The van der Waals surface area contributed by atoms with Crippen molar-refractivity contribution in [2.24, 2.45) is 0 Å². The third kappa shape index (κ3) is 1.75. The summed E-state index contributed by atoms with van der Waals surface area (Å²) in [5.41, 5.74) is 3.16. The fourth-order valence-corrected chi connectivity index (χ4v) is 3.09. The van der Waals surface area contributed by atoms with Crippen LogP contribution in [-0.4, -0.2) is 5.91 Å². The highest BCUT2D eigenvalue weighted by Crippen LogP contribution is 2.48. The molecule has 0 saturated carbocycles. The van der Waals surface area contributed by atoms with Crippen molar-refractivity contribution in [1.29, 1.82) is 0 Å². The minimum absolute atomic E-state index is 0.261. The smallest absolute Gasteiger partial charge is 0.254 e. The second-order valence-corrected chi connectivity index (χ2v) is 5.62. The maximum Gasteiger partial charge on any atom is 0.254 e. The van der Waals surface area contributed by atoms with Crippen molar-refractivity contribution >= 4 is 34.8 Å². The average molecular weight is 292 g/mol. The van der Waals surface area contributed by atoms with Gasteiger partial charge in [0.05, 0.1) is 0 Å². The standard InChI is InChI=1S/C15H11Cl2NO/c1-9-6-7-13-11(8-9)15(17,14(19)18-13)10-4-2-3-5-12(10)16/h2-8H,1H3,(H,18,19). The summed E-state index contributed by atoms with van der Waals surface area (Å²) in [4.78, 5) is 11.1. The Morgan fingerprint density at radius 3 is 2.58 bits per heavy atom. The molecule has 0 saturated heterocycles. The Balaban J connectivity index is 2.28. The molecule has 0 fully saturated rings. The molecule has 0 bridgehead atoms. The van der Waals surface area contributed by atoms with Gasteiger partial charge < -0.3 is 5.32 Å². The second-order valence-electron chi connectivity index (χ2n) is 4.64. The quantitative estimate of drug-likeness (QED) is 0.788. The summed E-state index contributed by atoms with van der Waals surface area (Å²) in [6.45, 7) is 1.97. The van der Waals surface area contributed by atoms with Crippen LogP contribution < -0.4 is 5.32 Å². The van der Waals surface area contributed by atoms with E-state index in [9.17, 15) is 4.79 Å². The fraction of sp³-hybridized carbons (Fsp3) is 0.133. The van der Waals surface area contributed by atoms with E-state index < -0.39 is 4.87 Å². The molecule has 2 nitrogen and oxygen atoms in total. The number of nitrogens with one attached hydrogen (secondary N) is 1. The highest BCUT2D eigenvalue weighted by molar-refractivity contribution is 6.43. The first kappa shape index (κ1) is 12.5. The molecule has 0 aliphatic carbocycles. The largest absolute Gasteiger partial charge is 0.324 e. The SMILES string of the molecule is Cc1ccc2c(c1)C(Cl)(c1ccccc1Cl)C(=O)N2. The van der Waals surface area contributed by atoms with Gasteiger partial charge in [0.25, 0.3) is 5.91 Å². The molecule has 0 radical (unpaired) electrons. The summed E-state index contributed by atoms with van der Waals surface area (Å²) >= 11 is 12.9. The maximum atomic E-state index is 12.3. The van der Waals surface area contributed by atoms with Gasteiger partial charge in [-0.2, -0.15) is 0 Å². The maximum absolute atomic E-state index is 12.3. The summed E-state index contributed by atoms with van der Waals surface area (Å²) < 4.78 is 0. The highest BCUT2D eigenvalue weighted by Gasteiger charge is 2.47. The third-order valence-corrected chi connectivity index (χ3v) is 4.26. The van der Waals surface area contributed by atoms with E-state index in [0.29, 0.717) is 10.6 Å². The first-order valence-electron chi connectivity index (χ1n) is 5.90. The lowest BCUT2D eigenvalue weighted by Gasteiger charge is -2.21. The Hall–Kier alpha value is -1.51. The number of aryl methyl sites for hydroxylation is 1. The van der Waals surface area contributed by atoms with Crippen LogP contribution in [-0.2, 0) is 9.67 Å². The Labute approximate surface area is 121 Å².